The summed E-state index contributed by atoms with van der Waals surface area (Å²) in [6.45, 7) is 0. The van der Waals surface area contributed by atoms with Crippen LogP contribution in [0.1, 0.15) is 0 Å². The summed E-state index contributed by atoms with van der Waals surface area (Å²) < 4.78 is 0. The SMILES string of the molecule is CSC(=O)ON(C)[C]=O. The van der Waals surface area contributed by atoms with Crippen LogP contribution < -0.4 is 0 Å². The van der Waals surface area contributed by atoms with Crippen LogP contribution >= 0.6 is 11.8 Å². The quantitative estimate of drug-likeness (QED) is 0.420. The van der Waals surface area contributed by atoms with Gasteiger partial charge in [-0.1, -0.05) is 0 Å². The number of amides is 1. The van der Waals surface area contributed by atoms with Gasteiger partial charge in [-0.05, 0) is 18.0 Å². The molecule has 1 radical (unpaired) electrons. The third-order valence-electron chi connectivity index (χ3n) is 0.507. The maximum absolute atomic E-state index is 10.3. The third kappa shape index (κ3) is 3.84. The first-order valence-electron chi connectivity index (χ1n) is 2.08. The highest BCUT2D eigenvalue weighted by Gasteiger charge is 2.02. The molecular weight excluding hydrogens is 142 g/mol. The maximum Gasteiger partial charge on any atom is 0.391 e. The van der Waals surface area contributed by atoms with E-state index in [4.69, 9.17) is 0 Å². The van der Waals surface area contributed by atoms with E-state index in [1.165, 1.54) is 13.5 Å². The predicted molar refractivity (Wildman–Crippen MR) is 33.5 cm³/mol. The van der Waals surface area contributed by atoms with Crippen molar-refractivity contribution in [1.82, 2.24) is 5.06 Å². The molecular formula is C4H6NO3S. The van der Waals surface area contributed by atoms with Crippen molar-refractivity contribution < 1.29 is 14.4 Å². The molecule has 5 heteroatoms. The van der Waals surface area contributed by atoms with Crippen molar-refractivity contribution in [3.8, 4) is 0 Å². The minimum atomic E-state index is -0.527. The Bertz CT molecular complexity index is 116. The number of carbonyl (C=O) groups excluding carboxylic acids is 2. The highest BCUT2D eigenvalue weighted by molar-refractivity contribution is 8.12. The first kappa shape index (κ1) is 8.29. The molecule has 4 nitrogen and oxygen atoms in total. The van der Waals surface area contributed by atoms with E-state index in [-0.39, 0.29) is 0 Å². The molecule has 0 unspecified atom stereocenters. The zero-order valence-corrected chi connectivity index (χ0v) is 5.90. The molecule has 1 amide bonds. The van der Waals surface area contributed by atoms with Crippen molar-refractivity contribution in [2.45, 2.75) is 0 Å². The summed E-state index contributed by atoms with van der Waals surface area (Å²) in [6.07, 6.45) is 2.91. The minimum Gasteiger partial charge on any atom is -0.327 e. The van der Waals surface area contributed by atoms with Crippen LogP contribution in [0.15, 0.2) is 0 Å². The molecule has 0 spiro atoms. The second-order valence-corrected chi connectivity index (χ2v) is 1.88. The molecule has 51 valence electrons. The van der Waals surface area contributed by atoms with E-state index in [0.717, 1.165) is 11.8 Å². The molecule has 0 rings (SSSR count). The van der Waals surface area contributed by atoms with Crippen molar-refractivity contribution in [2.75, 3.05) is 13.3 Å². The van der Waals surface area contributed by atoms with Crippen LogP contribution in [0.2, 0.25) is 0 Å². The van der Waals surface area contributed by atoms with E-state index in [0.29, 0.717) is 5.06 Å². The van der Waals surface area contributed by atoms with Crippen LogP contribution in [0, 0.1) is 0 Å². The van der Waals surface area contributed by atoms with Crippen LogP contribution in [-0.2, 0) is 9.63 Å². The van der Waals surface area contributed by atoms with Crippen molar-refractivity contribution >= 4 is 23.5 Å². The standard InChI is InChI=1S/C4H6NO3S/c1-5(3-6)8-4(7)9-2/h1-2H3. The Balaban J connectivity index is 3.46. The summed E-state index contributed by atoms with van der Waals surface area (Å²) in [5.74, 6) is 0. The lowest BCUT2D eigenvalue weighted by Crippen LogP contribution is -2.18. The fourth-order valence-corrected chi connectivity index (χ4v) is 0.354. The Labute approximate surface area is 57.1 Å². The zero-order chi connectivity index (χ0) is 7.28. The highest BCUT2D eigenvalue weighted by Crippen LogP contribution is 1.98. The van der Waals surface area contributed by atoms with Crippen molar-refractivity contribution in [3.05, 3.63) is 0 Å². The molecule has 0 aliphatic heterocycles. The number of rotatable bonds is 2. The van der Waals surface area contributed by atoms with E-state index in [1.54, 1.807) is 6.26 Å². The van der Waals surface area contributed by atoms with Gasteiger partial charge in [-0.3, -0.25) is 4.79 Å². The molecule has 0 heterocycles. The van der Waals surface area contributed by atoms with Crippen molar-refractivity contribution in [1.29, 1.82) is 0 Å². The summed E-state index contributed by atoms with van der Waals surface area (Å²) in [5, 5.41) is 0.152. The van der Waals surface area contributed by atoms with Gasteiger partial charge in [0.25, 0.3) is 0 Å². The lowest BCUT2D eigenvalue weighted by molar-refractivity contribution is 0.00117. The molecule has 0 fully saturated rings. The summed E-state index contributed by atoms with van der Waals surface area (Å²) in [4.78, 5) is 24.3. The molecule has 0 N–H and O–H groups in total. The summed E-state index contributed by atoms with van der Waals surface area (Å²) in [7, 11) is 1.29. The molecule has 0 atom stereocenters. The normalized spacial score (nSPS) is 8.22. The number of hydroxylamine groups is 2. The van der Waals surface area contributed by atoms with Gasteiger partial charge in [-0.25, -0.2) is 4.79 Å². The maximum atomic E-state index is 10.3. The second kappa shape index (κ2) is 4.20. The second-order valence-electron chi connectivity index (χ2n) is 1.13. The monoisotopic (exact) mass is 148 g/mol. The average molecular weight is 148 g/mol. The van der Waals surface area contributed by atoms with Crippen LogP contribution in [0.4, 0.5) is 4.79 Å². The van der Waals surface area contributed by atoms with Gasteiger partial charge in [-0.2, -0.15) is 5.06 Å². The molecule has 0 saturated heterocycles. The summed E-state index contributed by atoms with van der Waals surface area (Å²) in [6, 6.07) is 0. The average Bonchev–Trinajstić information content (AvgIpc) is 1.87. The van der Waals surface area contributed by atoms with E-state index in [9.17, 15) is 9.59 Å². The van der Waals surface area contributed by atoms with Gasteiger partial charge in [0.15, 0.2) is 0 Å². The molecule has 0 aliphatic rings. The van der Waals surface area contributed by atoms with Crippen LogP contribution in [0.3, 0.4) is 0 Å². The Morgan fingerprint density at radius 1 is 1.78 bits per heavy atom. The van der Waals surface area contributed by atoms with E-state index in [1.807, 2.05) is 0 Å². The smallest absolute Gasteiger partial charge is 0.327 e. The Kier molecular flexibility index (Phi) is 3.87. The van der Waals surface area contributed by atoms with E-state index < -0.39 is 5.30 Å². The number of thioether (sulfide) groups is 1. The van der Waals surface area contributed by atoms with Gasteiger partial charge in [0, 0.05) is 7.05 Å². The zero-order valence-electron chi connectivity index (χ0n) is 5.08. The molecule has 0 bridgehead atoms. The van der Waals surface area contributed by atoms with Gasteiger partial charge in [-0.15, -0.1) is 0 Å². The van der Waals surface area contributed by atoms with E-state index in [2.05, 4.69) is 4.84 Å². The lowest BCUT2D eigenvalue weighted by Gasteiger charge is -2.05. The Morgan fingerprint density at radius 3 is 2.67 bits per heavy atom. The number of hydrogen-bond acceptors (Lipinski definition) is 4. The molecule has 0 aromatic rings. The van der Waals surface area contributed by atoms with Gasteiger partial charge < -0.3 is 4.84 Å². The summed E-state index contributed by atoms with van der Waals surface area (Å²) >= 11 is 0.887. The lowest BCUT2D eigenvalue weighted by atomic mass is 11.2. The van der Waals surface area contributed by atoms with Crippen LogP contribution in [-0.4, -0.2) is 30.1 Å². The Morgan fingerprint density at radius 2 is 2.33 bits per heavy atom. The van der Waals surface area contributed by atoms with Crippen molar-refractivity contribution in [2.24, 2.45) is 0 Å². The van der Waals surface area contributed by atoms with Crippen LogP contribution in [0.25, 0.3) is 0 Å². The predicted octanol–water partition coefficient (Wildman–Crippen LogP) is 0.400. The fourth-order valence-electron chi connectivity index (χ4n) is 0.168. The number of hydrogen-bond donors (Lipinski definition) is 0. The molecule has 0 aromatic carbocycles. The molecule has 0 saturated carbocycles. The van der Waals surface area contributed by atoms with Gasteiger partial charge in [0.05, 0.1) is 0 Å². The van der Waals surface area contributed by atoms with Gasteiger partial charge in [0.1, 0.15) is 0 Å². The highest BCUT2D eigenvalue weighted by atomic mass is 32.2. The molecule has 0 aromatic heterocycles. The van der Waals surface area contributed by atoms with Gasteiger partial charge >= 0.3 is 11.7 Å². The summed E-state index contributed by atoms with van der Waals surface area (Å²) in [5.41, 5.74) is 0. The minimum absolute atomic E-state index is 0.527. The van der Waals surface area contributed by atoms with E-state index >= 15 is 0 Å². The Hall–Kier alpha value is -0.710. The largest absolute Gasteiger partial charge is 0.391 e. The topological polar surface area (TPSA) is 46.6 Å². The first-order chi connectivity index (χ1) is 4.20. The molecule has 9 heavy (non-hydrogen) atoms. The molecule has 0 aliphatic carbocycles. The van der Waals surface area contributed by atoms with Gasteiger partial charge in [0.2, 0.25) is 0 Å². The number of carbonyl (C=O) groups is 1. The van der Waals surface area contributed by atoms with Crippen LogP contribution in [0.5, 0.6) is 0 Å². The number of nitrogens with zero attached hydrogens (tertiary/aromatic N) is 1. The van der Waals surface area contributed by atoms with Crippen molar-refractivity contribution in [3.63, 3.8) is 0 Å². The fraction of sp³-hybridized carbons (Fsp3) is 0.500. The third-order valence-corrected chi connectivity index (χ3v) is 0.915. The first-order valence-corrected chi connectivity index (χ1v) is 3.30.